The van der Waals surface area contributed by atoms with Crippen LogP contribution in [-0.4, -0.2) is 27.3 Å². The Balaban J connectivity index is 3.21. The third kappa shape index (κ3) is 2.32. The maximum atomic E-state index is 5.98. The van der Waals surface area contributed by atoms with Gasteiger partial charge in [-0.2, -0.15) is 0 Å². The summed E-state index contributed by atoms with van der Waals surface area (Å²) in [6, 6.07) is 4.06. The molecular formula is C12H20N2O2. The van der Waals surface area contributed by atoms with E-state index in [2.05, 4.69) is 18.7 Å². The van der Waals surface area contributed by atoms with Crippen molar-refractivity contribution in [1.29, 1.82) is 0 Å². The molecule has 0 saturated heterocycles. The van der Waals surface area contributed by atoms with E-state index < -0.39 is 0 Å². The summed E-state index contributed by atoms with van der Waals surface area (Å²) in [6.45, 7) is 4.21. The van der Waals surface area contributed by atoms with E-state index >= 15 is 0 Å². The van der Waals surface area contributed by atoms with Gasteiger partial charge in [0.25, 0.3) is 0 Å². The molecule has 90 valence electrons. The number of nitrogens with two attached hydrogens (primary N) is 1. The van der Waals surface area contributed by atoms with Crippen molar-refractivity contribution in [2.75, 3.05) is 31.9 Å². The number of methoxy groups -OCH3 is 2. The van der Waals surface area contributed by atoms with Crippen LogP contribution in [0.1, 0.15) is 13.8 Å². The second-order valence-electron chi connectivity index (χ2n) is 3.97. The van der Waals surface area contributed by atoms with Crippen LogP contribution in [0, 0.1) is 0 Å². The molecule has 0 aliphatic rings. The number of anilines is 2. The molecule has 0 radical (unpaired) electrons. The third-order valence-corrected chi connectivity index (χ3v) is 2.69. The highest BCUT2D eigenvalue weighted by atomic mass is 16.5. The Bertz CT molecular complexity index is 364. The molecule has 1 rings (SSSR count). The van der Waals surface area contributed by atoms with Gasteiger partial charge in [0, 0.05) is 25.2 Å². The van der Waals surface area contributed by atoms with Crippen molar-refractivity contribution in [3.05, 3.63) is 12.1 Å². The zero-order valence-corrected chi connectivity index (χ0v) is 10.6. The fourth-order valence-corrected chi connectivity index (χ4v) is 1.47. The first-order valence-corrected chi connectivity index (χ1v) is 5.25. The number of rotatable bonds is 4. The highest BCUT2D eigenvalue weighted by Gasteiger charge is 2.13. The predicted molar refractivity (Wildman–Crippen MR) is 67.5 cm³/mol. The molecule has 0 amide bonds. The lowest BCUT2D eigenvalue weighted by Gasteiger charge is -2.26. The van der Waals surface area contributed by atoms with Gasteiger partial charge < -0.3 is 20.1 Å². The first-order valence-electron chi connectivity index (χ1n) is 5.25. The van der Waals surface area contributed by atoms with Gasteiger partial charge in [-0.1, -0.05) is 0 Å². The number of hydrogen-bond donors (Lipinski definition) is 1. The van der Waals surface area contributed by atoms with E-state index in [0.29, 0.717) is 23.2 Å². The number of nitrogens with zero attached hydrogens (tertiary/aromatic N) is 1. The minimum atomic E-state index is 0.375. The number of benzene rings is 1. The van der Waals surface area contributed by atoms with Crippen molar-refractivity contribution in [3.8, 4) is 11.5 Å². The lowest BCUT2D eigenvalue weighted by atomic mass is 10.2. The standard InChI is InChI=1S/C12H20N2O2/c1-8(2)14(3)10-7-12(16-5)11(15-4)6-9(10)13/h6-8H,13H2,1-5H3. The number of nitrogen functional groups attached to an aromatic ring is 1. The maximum Gasteiger partial charge on any atom is 0.162 e. The zero-order valence-electron chi connectivity index (χ0n) is 10.6. The third-order valence-electron chi connectivity index (χ3n) is 2.69. The molecule has 0 aliphatic carbocycles. The van der Waals surface area contributed by atoms with Crippen LogP contribution in [0.15, 0.2) is 12.1 Å². The van der Waals surface area contributed by atoms with E-state index in [9.17, 15) is 0 Å². The topological polar surface area (TPSA) is 47.7 Å². The quantitative estimate of drug-likeness (QED) is 0.796. The van der Waals surface area contributed by atoms with E-state index in [1.54, 1.807) is 20.3 Å². The molecule has 1 aromatic rings. The lowest BCUT2D eigenvalue weighted by Crippen LogP contribution is -2.26. The smallest absolute Gasteiger partial charge is 0.162 e. The monoisotopic (exact) mass is 224 g/mol. The van der Waals surface area contributed by atoms with Gasteiger partial charge in [-0.25, -0.2) is 0 Å². The van der Waals surface area contributed by atoms with Crippen molar-refractivity contribution in [1.82, 2.24) is 0 Å². The van der Waals surface area contributed by atoms with Crippen molar-refractivity contribution in [2.45, 2.75) is 19.9 Å². The molecule has 16 heavy (non-hydrogen) atoms. The van der Waals surface area contributed by atoms with Crippen LogP contribution in [0.25, 0.3) is 0 Å². The van der Waals surface area contributed by atoms with Crippen LogP contribution in [0.3, 0.4) is 0 Å². The molecule has 0 unspecified atom stereocenters. The lowest BCUT2D eigenvalue weighted by molar-refractivity contribution is 0.355. The first kappa shape index (κ1) is 12.5. The van der Waals surface area contributed by atoms with Crippen LogP contribution < -0.4 is 20.1 Å². The van der Waals surface area contributed by atoms with Gasteiger partial charge in [-0.15, -0.1) is 0 Å². The summed E-state index contributed by atoms with van der Waals surface area (Å²) in [7, 11) is 5.22. The molecule has 0 fully saturated rings. The van der Waals surface area contributed by atoms with Gasteiger partial charge >= 0.3 is 0 Å². The molecule has 0 heterocycles. The Hall–Kier alpha value is -1.58. The molecule has 0 spiro atoms. The van der Waals surface area contributed by atoms with Crippen LogP contribution >= 0.6 is 0 Å². The SMILES string of the molecule is COc1cc(N)c(N(C)C(C)C)cc1OC. The predicted octanol–water partition coefficient (Wildman–Crippen LogP) is 2.13. The second-order valence-corrected chi connectivity index (χ2v) is 3.97. The summed E-state index contributed by atoms with van der Waals surface area (Å²) >= 11 is 0. The van der Waals surface area contributed by atoms with Gasteiger partial charge in [0.1, 0.15) is 0 Å². The number of hydrogen-bond acceptors (Lipinski definition) is 4. The fourth-order valence-electron chi connectivity index (χ4n) is 1.47. The average molecular weight is 224 g/mol. The zero-order chi connectivity index (χ0) is 12.3. The number of ether oxygens (including phenoxy) is 2. The molecule has 0 atom stereocenters. The maximum absolute atomic E-state index is 5.98. The van der Waals surface area contributed by atoms with Gasteiger partial charge in [-0.3, -0.25) is 0 Å². The molecule has 0 saturated carbocycles. The van der Waals surface area contributed by atoms with Crippen LogP contribution in [-0.2, 0) is 0 Å². The summed E-state index contributed by atoms with van der Waals surface area (Å²) in [5, 5.41) is 0. The largest absolute Gasteiger partial charge is 0.493 e. The molecule has 0 aromatic heterocycles. The molecule has 0 bridgehead atoms. The van der Waals surface area contributed by atoms with Gasteiger partial charge in [0.15, 0.2) is 11.5 Å². The van der Waals surface area contributed by atoms with Gasteiger partial charge in [0.2, 0.25) is 0 Å². The molecule has 4 heteroatoms. The first-order chi connectivity index (χ1) is 7.51. The molecule has 4 nitrogen and oxygen atoms in total. The summed E-state index contributed by atoms with van der Waals surface area (Å²) in [5.41, 5.74) is 7.62. The Kier molecular flexibility index (Phi) is 3.88. The summed E-state index contributed by atoms with van der Waals surface area (Å²) in [4.78, 5) is 2.09. The van der Waals surface area contributed by atoms with E-state index in [0.717, 1.165) is 5.69 Å². The average Bonchev–Trinajstić information content (AvgIpc) is 2.27. The van der Waals surface area contributed by atoms with E-state index in [1.807, 2.05) is 13.1 Å². The molecule has 0 aliphatic heterocycles. The Morgan fingerprint density at radius 3 is 2.06 bits per heavy atom. The Labute approximate surface area is 96.9 Å². The van der Waals surface area contributed by atoms with Crippen molar-refractivity contribution >= 4 is 11.4 Å². The van der Waals surface area contributed by atoms with E-state index in [-0.39, 0.29) is 0 Å². The minimum absolute atomic E-state index is 0.375. The Morgan fingerprint density at radius 2 is 1.62 bits per heavy atom. The van der Waals surface area contributed by atoms with Gasteiger partial charge in [0.05, 0.1) is 25.6 Å². The van der Waals surface area contributed by atoms with E-state index in [1.165, 1.54) is 0 Å². The molecule has 1 aromatic carbocycles. The van der Waals surface area contributed by atoms with Gasteiger partial charge in [-0.05, 0) is 13.8 Å². The van der Waals surface area contributed by atoms with Crippen molar-refractivity contribution in [3.63, 3.8) is 0 Å². The highest BCUT2D eigenvalue weighted by molar-refractivity contribution is 5.73. The normalized spacial score (nSPS) is 10.4. The molecular weight excluding hydrogens is 204 g/mol. The van der Waals surface area contributed by atoms with Crippen molar-refractivity contribution in [2.24, 2.45) is 0 Å². The molecule has 2 N–H and O–H groups in total. The van der Waals surface area contributed by atoms with Crippen molar-refractivity contribution < 1.29 is 9.47 Å². The van der Waals surface area contributed by atoms with Crippen LogP contribution in [0.5, 0.6) is 11.5 Å². The van der Waals surface area contributed by atoms with E-state index in [4.69, 9.17) is 15.2 Å². The summed E-state index contributed by atoms with van der Waals surface area (Å²) < 4.78 is 10.4. The Morgan fingerprint density at radius 1 is 1.12 bits per heavy atom. The second kappa shape index (κ2) is 4.96. The summed E-state index contributed by atoms with van der Waals surface area (Å²) in [6.07, 6.45) is 0. The summed E-state index contributed by atoms with van der Waals surface area (Å²) in [5.74, 6) is 1.35. The van der Waals surface area contributed by atoms with Crippen LogP contribution in [0.4, 0.5) is 11.4 Å². The fraction of sp³-hybridized carbons (Fsp3) is 0.500. The minimum Gasteiger partial charge on any atom is -0.493 e. The highest BCUT2D eigenvalue weighted by Crippen LogP contribution is 2.36. The van der Waals surface area contributed by atoms with Crippen LogP contribution in [0.2, 0.25) is 0 Å².